The highest BCUT2D eigenvalue weighted by molar-refractivity contribution is 7.99. The van der Waals surface area contributed by atoms with Crippen LogP contribution in [-0.4, -0.2) is 55.7 Å². The first-order valence-corrected chi connectivity index (χ1v) is 7.89. The maximum Gasteiger partial charge on any atom is 0.218 e. The molecule has 1 fully saturated rings. The van der Waals surface area contributed by atoms with E-state index in [0.717, 1.165) is 11.5 Å². The second-order valence-electron chi connectivity index (χ2n) is 3.95. The van der Waals surface area contributed by atoms with E-state index in [-0.39, 0.29) is 11.3 Å². The van der Waals surface area contributed by atoms with Gasteiger partial charge < -0.3 is 5.32 Å². The standard InChI is InChI=1S/C9H20N2O2S2/c1-8-7-14-5-4-11(8)15(12,13)9(2)6-10-3/h8-10H,4-7H2,1-3H3. The third-order valence-corrected chi connectivity index (χ3v) is 6.20. The third kappa shape index (κ3) is 3.09. The molecule has 1 N–H and O–H groups in total. The Morgan fingerprint density at radius 3 is 2.80 bits per heavy atom. The van der Waals surface area contributed by atoms with Gasteiger partial charge in [0.05, 0.1) is 5.25 Å². The number of hydrogen-bond acceptors (Lipinski definition) is 4. The molecule has 0 bridgehead atoms. The van der Waals surface area contributed by atoms with Crippen molar-refractivity contribution in [1.29, 1.82) is 0 Å². The van der Waals surface area contributed by atoms with E-state index in [9.17, 15) is 8.42 Å². The second-order valence-corrected chi connectivity index (χ2v) is 7.40. The van der Waals surface area contributed by atoms with Crippen LogP contribution in [0.3, 0.4) is 0 Å². The Morgan fingerprint density at radius 1 is 1.60 bits per heavy atom. The van der Waals surface area contributed by atoms with Crippen LogP contribution in [-0.2, 0) is 10.0 Å². The summed E-state index contributed by atoms with van der Waals surface area (Å²) in [7, 11) is -1.34. The Bertz CT molecular complexity index is 292. The van der Waals surface area contributed by atoms with Gasteiger partial charge in [-0.3, -0.25) is 0 Å². The molecule has 0 radical (unpaired) electrons. The van der Waals surface area contributed by atoms with E-state index in [1.54, 1.807) is 18.3 Å². The predicted octanol–water partition coefficient (Wildman–Crippen LogP) is 0.361. The minimum absolute atomic E-state index is 0.132. The first kappa shape index (κ1) is 13.3. The van der Waals surface area contributed by atoms with Gasteiger partial charge in [-0.1, -0.05) is 0 Å². The van der Waals surface area contributed by atoms with E-state index in [2.05, 4.69) is 5.32 Å². The summed E-state index contributed by atoms with van der Waals surface area (Å²) in [5.41, 5.74) is 0. The molecule has 0 aromatic rings. The van der Waals surface area contributed by atoms with E-state index in [1.807, 2.05) is 18.7 Å². The fourth-order valence-electron chi connectivity index (χ4n) is 1.71. The summed E-state index contributed by atoms with van der Waals surface area (Å²) in [6.07, 6.45) is 0. The van der Waals surface area contributed by atoms with Crippen LogP contribution in [0, 0.1) is 0 Å². The SMILES string of the molecule is CNCC(C)S(=O)(=O)N1CCSCC1C. The van der Waals surface area contributed by atoms with E-state index >= 15 is 0 Å². The van der Waals surface area contributed by atoms with Gasteiger partial charge >= 0.3 is 0 Å². The summed E-state index contributed by atoms with van der Waals surface area (Å²) in [6, 6.07) is 0.132. The van der Waals surface area contributed by atoms with Crippen LogP contribution >= 0.6 is 11.8 Å². The molecule has 1 rings (SSSR count). The predicted molar refractivity (Wildman–Crippen MR) is 65.8 cm³/mol. The van der Waals surface area contributed by atoms with Crippen LogP contribution in [0.1, 0.15) is 13.8 Å². The highest BCUT2D eigenvalue weighted by atomic mass is 32.2. The lowest BCUT2D eigenvalue weighted by Crippen LogP contribution is -2.49. The zero-order valence-electron chi connectivity index (χ0n) is 9.56. The molecular weight excluding hydrogens is 232 g/mol. The lowest BCUT2D eigenvalue weighted by atomic mass is 10.4. The fraction of sp³-hybridized carbons (Fsp3) is 1.00. The molecule has 1 aliphatic heterocycles. The Labute approximate surface area is 96.8 Å². The summed E-state index contributed by atoms with van der Waals surface area (Å²) in [6.45, 7) is 4.91. The molecule has 4 nitrogen and oxygen atoms in total. The molecule has 90 valence electrons. The van der Waals surface area contributed by atoms with Crippen molar-refractivity contribution >= 4 is 21.8 Å². The van der Waals surface area contributed by atoms with Crippen molar-refractivity contribution in [3.63, 3.8) is 0 Å². The zero-order valence-corrected chi connectivity index (χ0v) is 11.2. The largest absolute Gasteiger partial charge is 0.318 e. The quantitative estimate of drug-likeness (QED) is 0.785. The number of rotatable bonds is 4. The monoisotopic (exact) mass is 252 g/mol. The topological polar surface area (TPSA) is 49.4 Å². The number of nitrogens with zero attached hydrogens (tertiary/aromatic N) is 1. The zero-order chi connectivity index (χ0) is 11.5. The van der Waals surface area contributed by atoms with E-state index < -0.39 is 10.0 Å². The maximum atomic E-state index is 12.2. The maximum absolute atomic E-state index is 12.2. The highest BCUT2D eigenvalue weighted by Crippen LogP contribution is 2.21. The molecule has 0 saturated carbocycles. The normalized spacial score (nSPS) is 26.5. The van der Waals surface area contributed by atoms with Crippen molar-refractivity contribution in [2.24, 2.45) is 0 Å². The number of thioether (sulfide) groups is 1. The van der Waals surface area contributed by atoms with Crippen LogP contribution < -0.4 is 5.32 Å². The Kier molecular flexibility index (Phi) is 4.89. The van der Waals surface area contributed by atoms with E-state index in [1.165, 1.54) is 0 Å². The molecule has 2 unspecified atom stereocenters. The smallest absolute Gasteiger partial charge is 0.218 e. The van der Waals surface area contributed by atoms with Crippen molar-refractivity contribution in [3.8, 4) is 0 Å². The minimum atomic E-state index is -3.12. The molecule has 15 heavy (non-hydrogen) atoms. The molecule has 0 aromatic heterocycles. The molecular formula is C9H20N2O2S2. The number of hydrogen-bond donors (Lipinski definition) is 1. The Balaban J connectivity index is 2.75. The van der Waals surface area contributed by atoms with Gasteiger partial charge in [0.25, 0.3) is 0 Å². The van der Waals surface area contributed by atoms with Gasteiger partial charge in [0.1, 0.15) is 0 Å². The van der Waals surface area contributed by atoms with Crippen molar-refractivity contribution in [3.05, 3.63) is 0 Å². The summed E-state index contributed by atoms with van der Waals surface area (Å²) in [4.78, 5) is 0. The van der Waals surface area contributed by atoms with Crippen LogP contribution in [0.2, 0.25) is 0 Å². The summed E-state index contributed by atoms with van der Waals surface area (Å²) in [5, 5.41) is 2.58. The van der Waals surface area contributed by atoms with Crippen LogP contribution in [0.4, 0.5) is 0 Å². The first-order valence-electron chi connectivity index (χ1n) is 5.23. The first-order chi connectivity index (χ1) is 7.00. The molecule has 0 aromatic carbocycles. The van der Waals surface area contributed by atoms with Gasteiger partial charge in [-0.15, -0.1) is 0 Å². The molecule has 1 saturated heterocycles. The Hall–Kier alpha value is 0.220. The fourth-order valence-corrected chi connectivity index (χ4v) is 4.70. The molecule has 2 atom stereocenters. The summed E-state index contributed by atoms with van der Waals surface area (Å²) < 4.78 is 26.0. The number of sulfonamides is 1. The van der Waals surface area contributed by atoms with Crippen molar-refractivity contribution in [2.75, 3.05) is 31.6 Å². The van der Waals surface area contributed by atoms with E-state index in [4.69, 9.17) is 0 Å². The van der Waals surface area contributed by atoms with Gasteiger partial charge in [0.2, 0.25) is 10.0 Å². The highest BCUT2D eigenvalue weighted by Gasteiger charge is 2.33. The molecule has 1 heterocycles. The van der Waals surface area contributed by atoms with Crippen molar-refractivity contribution < 1.29 is 8.42 Å². The molecule has 0 amide bonds. The lowest BCUT2D eigenvalue weighted by Gasteiger charge is -2.34. The number of nitrogens with one attached hydrogen (secondary N) is 1. The van der Waals surface area contributed by atoms with Gasteiger partial charge in [0, 0.05) is 30.6 Å². The summed E-state index contributed by atoms with van der Waals surface area (Å²) >= 11 is 1.83. The second kappa shape index (κ2) is 5.52. The average molecular weight is 252 g/mol. The van der Waals surface area contributed by atoms with Gasteiger partial charge in [0.15, 0.2) is 0 Å². The third-order valence-electron chi connectivity index (χ3n) is 2.63. The van der Waals surface area contributed by atoms with Gasteiger partial charge in [-0.25, -0.2) is 8.42 Å². The van der Waals surface area contributed by atoms with Crippen LogP contribution in [0.15, 0.2) is 0 Å². The average Bonchev–Trinajstić information content (AvgIpc) is 2.18. The van der Waals surface area contributed by atoms with Crippen LogP contribution in [0.5, 0.6) is 0 Å². The molecule has 0 spiro atoms. The van der Waals surface area contributed by atoms with E-state index in [0.29, 0.717) is 13.1 Å². The van der Waals surface area contributed by atoms with Gasteiger partial charge in [-0.2, -0.15) is 16.1 Å². The van der Waals surface area contributed by atoms with Gasteiger partial charge in [-0.05, 0) is 20.9 Å². The van der Waals surface area contributed by atoms with Crippen molar-refractivity contribution in [1.82, 2.24) is 9.62 Å². The Morgan fingerprint density at radius 2 is 2.27 bits per heavy atom. The van der Waals surface area contributed by atoms with Crippen molar-refractivity contribution in [2.45, 2.75) is 25.1 Å². The van der Waals surface area contributed by atoms with Crippen LogP contribution in [0.25, 0.3) is 0 Å². The lowest BCUT2D eigenvalue weighted by molar-refractivity contribution is 0.362. The molecule has 6 heteroatoms. The molecule has 1 aliphatic rings. The summed E-state index contributed by atoms with van der Waals surface area (Å²) in [5.74, 6) is 1.82. The molecule has 0 aliphatic carbocycles. The minimum Gasteiger partial charge on any atom is -0.318 e.